The van der Waals surface area contributed by atoms with E-state index < -0.39 is 0 Å². The van der Waals surface area contributed by atoms with Crippen LogP contribution in [0.3, 0.4) is 0 Å². The summed E-state index contributed by atoms with van der Waals surface area (Å²) in [5, 5.41) is 16.3. The Kier molecular flexibility index (Phi) is 17.2. The fourth-order valence-corrected chi connectivity index (χ4v) is 10.2. The number of aromatic nitrogens is 13. The van der Waals surface area contributed by atoms with Crippen LogP contribution >= 0.6 is 0 Å². The van der Waals surface area contributed by atoms with E-state index in [4.69, 9.17) is 72.5 Å². The molecule has 0 amide bonds. The number of aromatic amines is 2. The minimum atomic E-state index is 0.280. The number of ether oxygens (including phenoxy) is 9. The Morgan fingerprint density at radius 1 is 0.437 bits per heavy atom. The van der Waals surface area contributed by atoms with Gasteiger partial charge in [-0.1, -0.05) is 102 Å². The van der Waals surface area contributed by atoms with E-state index in [1.807, 2.05) is 134 Å². The number of H-pyrrole nitrogens is 2. The molecule has 0 saturated carbocycles. The maximum Gasteiger partial charge on any atom is 0.164 e. The van der Waals surface area contributed by atoms with Crippen molar-refractivity contribution in [2.45, 2.75) is 6.54 Å². The first kappa shape index (κ1) is 56.3. The van der Waals surface area contributed by atoms with Gasteiger partial charge in [0.1, 0.15) is 66.0 Å². The van der Waals surface area contributed by atoms with Gasteiger partial charge >= 0.3 is 0 Å². The molecule has 0 radical (unpaired) electrons. The molecule has 87 heavy (non-hydrogen) atoms. The maximum atomic E-state index is 6.43. The van der Waals surface area contributed by atoms with Crippen molar-refractivity contribution in [3.63, 3.8) is 0 Å². The van der Waals surface area contributed by atoms with Crippen LogP contribution in [0, 0.1) is 0 Å². The van der Waals surface area contributed by atoms with E-state index in [2.05, 4.69) is 35.6 Å². The standard InChI is InChI=1S/C64H60N14O9/c1-79-23-32-86-53-36-49-50(37-54(53)87-33-24-80-2)65-39-66-56(49)67-41-12-9-11-40(35-41)51-38-78(77-76-51)21-22-81-25-26-82-27-28-83-29-30-84-31-34-85-52-20-10-19-48-55(52)64-74-62-47-18-8-7-17-46(47)60(72-62)70-58-43-14-4-3-13-42(43)57(68-58)69-59-44-15-5-6-16-45(44)61(71-59)73-63(48)75-64/h3-20,35-39H,21-34H2,1-2H3,(H,65,66,67)(H2,68,69,70,71,72,73,74,75). The zero-order chi connectivity index (χ0) is 58.7. The van der Waals surface area contributed by atoms with Gasteiger partial charge in [-0.3, -0.25) is 0 Å². The quantitative estimate of drug-likeness (QED) is 0.0404. The molecule has 8 bridgehead atoms. The van der Waals surface area contributed by atoms with Gasteiger partial charge in [-0.25, -0.2) is 44.6 Å². The van der Waals surface area contributed by atoms with Crippen LogP contribution in [0.1, 0.15) is 0 Å². The highest BCUT2D eigenvalue weighted by atomic mass is 16.6. The van der Waals surface area contributed by atoms with Gasteiger partial charge in [-0.15, -0.1) is 5.10 Å². The molecule has 0 saturated heterocycles. The Morgan fingerprint density at radius 3 is 1.56 bits per heavy atom. The number of rotatable bonds is 27. The van der Waals surface area contributed by atoms with Crippen molar-refractivity contribution >= 4 is 66.5 Å². The Labute approximate surface area is 498 Å². The maximum absolute atomic E-state index is 6.43. The molecule has 0 aliphatic carbocycles. The zero-order valence-electron chi connectivity index (χ0n) is 47.8. The lowest BCUT2D eigenvalue weighted by Gasteiger charge is -2.15. The summed E-state index contributed by atoms with van der Waals surface area (Å²) < 4.78 is 53.8. The molecule has 11 aromatic rings. The molecule has 0 atom stereocenters. The largest absolute Gasteiger partial charge is 0.490 e. The number of hydrogen-bond acceptors (Lipinski definition) is 20. The van der Waals surface area contributed by atoms with Crippen LogP contribution in [0.25, 0.3) is 112 Å². The number of anilines is 2. The van der Waals surface area contributed by atoms with Gasteiger partial charge in [0.25, 0.3) is 0 Å². The first-order valence-corrected chi connectivity index (χ1v) is 28.5. The lowest BCUT2D eigenvalue weighted by molar-refractivity contribution is -0.00538. The van der Waals surface area contributed by atoms with E-state index in [1.54, 1.807) is 18.9 Å². The van der Waals surface area contributed by atoms with Crippen LogP contribution in [0.4, 0.5) is 11.5 Å². The number of benzene rings is 6. The number of hydrogen-bond donors (Lipinski definition) is 3. The molecule has 5 aromatic heterocycles. The van der Waals surface area contributed by atoms with Crippen LogP contribution in [0.5, 0.6) is 17.2 Å². The van der Waals surface area contributed by atoms with Crippen molar-refractivity contribution in [1.29, 1.82) is 0 Å². The molecule has 7 heterocycles. The van der Waals surface area contributed by atoms with E-state index in [0.717, 1.165) is 66.1 Å². The molecule has 440 valence electrons. The van der Waals surface area contributed by atoms with Crippen LogP contribution < -0.4 is 19.5 Å². The van der Waals surface area contributed by atoms with Crippen LogP contribution in [0.15, 0.2) is 140 Å². The summed E-state index contributed by atoms with van der Waals surface area (Å²) in [7, 11) is 3.25. The highest BCUT2D eigenvalue weighted by Gasteiger charge is 2.23. The van der Waals surface area contributed by atoms with Crippen molar-refractivity contribution in [1.82, 2.24) is 64.8 Å². The van der Waals surface area contributed by atoms with Gasteiger partial charge in [0.2, 0.25) is 0 Å². The predicted molar refractivity (Wildman–Crippen MR) is 328 cm³/mol. The summed E-state index contributed by atoms with van der Waals surface area (Å²) in [5.41, 5.74) is 8.92. The fraction of sp³-hybridized carbons (Fsp3) is 0.250. The third-order valence-corrected chi connectivity index (χ3v) is 14.4. The summed E-state index contributed by atoms with van der Waals surface area (Å²) in [5.74, 6) is 4.42. The van der Waals surface area contributed by atoms with Crippen LogP contribution in [-0.4, -0.2) is 165 Å². The molecule has 6 aromatic carbocycles. The zero-order valence-corrected chi connectivity index (χ0v) is 47.8. The second kappa shape index (κ2) is 26.6. The summed E-state index contributed by atoms with van der Waals surface area (Å²) in [6, 6.07) is 41.4. The SMILES string of the molecule is COCCOc1cc2ncnc(Nc3cccc(-c4cn(CCOCCOCCOCCOCCOc5cccc6c7nc8nc(nc9[nH]c(nc%10nc(nc([nH]7)c56)-c5ccccc5-%10)c5ccccc95)-c5ccccc5-8)nn4)c3)c2cc1OCCOC. The predicted octanol–water partition coefficient (Wildman–Crippen LogP) is 10.0. The van der Waals surface area contributed by atoms with Gasteiger partial charge in [-0.05, 0) is 24.3 Å². The van der Waals surface area contributed by atoms with E-state index in [0.29, 0.717) is 160 Å². The molecule has 3 N–H and O–H groups in total. The smallest absolute Gasteiger partial charge is 0.164 e. The molecular formula is C64H60N14O9. The normalized spacial score (nSPS) is 11.8. The average Bonchev–Trinajstić information content (AvgIpc) is 2.12. The number of nitrogens with zero attached hydrogens (tertiary/aromatic N) is 11. The first-order valence-electron chi connectivity index (χ1n) is 28.5. The molecule has 0 unspecified atom stereocenters. The molecule has 0 fully saturated rings. The average molecular weight is 1170 g/mol. The third-order valence-electron chi connectivity index (χ3n) is 14.4. The van der Waals surface area contributed by atoms with Crippen molar-refractivity contribution < 1.29 is 42.6 Å². The Morgan fingerprint density at radius 2 is 0.943 bits per heavy atom. The van der Waals surface area contributed by atoms with E-state index in [1.165, 1.54) is 6.33 Å². The van der Waals surface area contributed by atoms with Gasteiger partial charge in [0.15, 0.2) is 34.8 Å². The van der Waals surface area contributed by atoms with Crippen molar-refractivity contribution in [2.75, 3.05) is 105 Å². The first-order chi connectivity index (χ1) is 43.0. The van der Waals surface area contributed by atoms with Gasteiger partial charge in [0, 0.05) is 75.3 Å². The van der Waals surface area contributed by atoms with Crippen molar-refractivity contribution in [2.24, 2.45) is 0 Å². The summed E-state index contributed by atoms with van der Waals surface area (Å²) in [6.45, 7) is 5.61. The lowest BCUT2D eigenvalue weighted by atomic mass is 10.1. The molecular weight excluding hydrogens is 1110 g/mol. The second-order valence-corrected chi connectivity index (χ2v) is 20.0. The summed E-state index contributed by atoms with van der Waals surface area (Å²) in [6.07, 6.45) is 3.40. The molecule has 13 rings (SSSR count). The Bertz CT molecular complexity index is 4420. The number of methoxy groups -OCH3 is 2. The molecule has 23 nitrogen and oxygen atoms in total. The molecule has 0 spiro atoms. The topological polar surface area (TPSA) is 261 Å². The van der Waals surface area contributed by atoms with Crippen LogP contribution in [-0.2, 0) is 35.0 Å². The fourth-order valence-electron chi connectivity index (χ4n) is 10.2. The molecule has 2 aliphatic heterocycles. The van der Waals surface area contributed by atoms with E-state index in [9.17, 15) is 0 Å². The minimum Gasteiger partial charge on any atom is -0.490 e. The summed E-state index contributed by atoms with van der Waals surface area (Å²) >= 11 is 0. The van der Waals surface area contributed by atoms with Gasteiger partial charge in [-0.2, -0.15) is 0 Å². The Balaban J connectivity index is 0.574. The number of nitrogens with one attached hydrogen (secondary N) is 3. The highest BCUT2D eigenvalue weighted by molar-refractivity contribution is 6.09. The number of fused-ring (bicyclic) bond motifs is 21. The minimum absolute atomic E-state index is 0.280. The van der Waals surface area contributed by atoms with Gasteiger partial charge in [0.05, 0.1) is 89.7 Å². The van der Waals surface area contributed by atoms with Crippen molar-refractivity contribution in [3.05, 3.63) is 140 Å². The molecule has 2 aliphatic rings. The second-order valence-electron chi connectivity index (χ2n) is 20.0. The molecule has 23 heteroatoms. The van der Waals surface area contributed by atoms with Gasteiger partial charge < -0.3 is 57.9 Å². The van der Waals surface area contributed by atoms with Crippen molar-refractivity contribution in [3.8, 4) is 74.1 Å². The van der Waals surface area contributed by atoms with Crippen LogP contribution in [0.2, 0.25) is 0 Å². The Hall–Kier alpha value is -9.88. The van der Waals surface area contributed by atoms with E-state index in [-0.39, 0.29) is 6.61 Å². The van der Waals surface area contributed by atoms with E-state index >= 15 is 0 Å². The third kappa shape index (κ3) is 12.6. The summed E-state index contributed by atoms with van der Waals surface area (Å²) in [4.78, 5) is 46.6. The highest BCUT2D eigenvalue weighted by Crippen LogP contribution is 2.39. The lowest BCUT2D eigenvalue weighted by Crippen LogP contribution is -2.14. The monoisotopic (exact) mass is 1170 g/mol.